The second-order valence-electron chi connectivity index (χ2n) is 10.2. The number of carbonyl (C=O) groups excluding carboxylic acids is 2. The standard InChI is InChI=1S/C31H32Cl2O8S2/c1-15(17(3)34)6-7-18-11-19-24(42-18)13-22(38-4)29(27(19)32)40-8-9-41-30-23(39-5)14-25-20(28(30)33)12-26(43-25)21(35)10-16(2)31(36)37/h11-16H,6-10H2,1-5H3,(H,36,37)/t15-,16-/m0/s1. The molecular formula is C31H32Cl2O8S2. The van der Waals surface area contributed by atoms with Crippen LogP contribution in [-0.4, -0.2) is 50.1 Å². The number of rotatable bonds is 15. The summed E-state index contributed by atoms with van der Waals surface area (Å²) >= 11 is 16.3. The van der Waals surface area contributed by atoms with Gasteiger partial charge >= 0.3 is 5.97 Å². The third kappa shape index (κ3) is 7.37. The van der Waals surface area contributed by atoms with Crippen molar-refractivity contribution in [1.29, 1.82) is 0 Å². The number of fused-ring (bicyclic) bond motifs is 2. The number of Topliss-reactive ketones (excluding diaryl/α,β-unsaturated/α-hetero) is 2. The van der Waals surface area contributed by atoms with E-state index in [4.69, 9.17) is 47.3 Å². The Morgan fingerprint density at radius 3 is 1.88 bits per heavy atom. The molecule has 0 amide bonds. The maximum atomic E-state index is 12.7. The monoisotopic (exact) mass is 666 g/mol. The molecule has 0 aliphatic rings. The lowest BCUT2D eigenvalue weighted by Gasteiger charge is -2.15. The highest BCUT2D eigenvalue weighted by molar-refractivity contribution is 7.21. The van der Waals surface area contributed by atoms with Gasteiger partial charge in [0.2, 0.25) is 0 Å². The molecule has 2 heterocycles. The quantitative estimate of drug-likeness (QED) is 0.0996. The van der Waals surface area contributed by atoms with Crippen LogP contribution in [0.1, 0.15) is 48.2 Å². The molecule has 0 fully saturated rings. The Kier molecular flexibility index (Phi) is 10.8. The first-order chi connectivity index (χ1) is 20.4. The Bertz CT molecular complexity index is 1680. The van der Waals surface area contributed by atoms with Crippen molar-refractivity contribution in [3.05, 3.63) is 44.1 Å². The number of ether oxygens (including phenoxy) is 4. The fourth-order valence-electron chi connectivity index (χ4n) is 4.40. The zero-order chi connectivity index (χ0) is 31.4. The van der Waals surface area contributed by atoms with Crippen molar-refractivity contribution in [2.24, 2.45) is 11.8 Å². The predicted molar refractivity (Wildman–Crippen MR) is 172 cm³/mol. The lowest BCUT2D eigenvalue weighted by molar-refractivity contribution is -0.141. The Balaban J connectivity index is 1.48. The Hall–Kier alpha value is -3.05. The molecule has 230 valence electrons. The van der Waals surface area contributed by atoms with Gasteiger partial charge in [-0.3, -0.25) is 14.4 Å². The van der Waals surface area contributed by atoms with Gasteiger partial charge in [-0.05, 0) is 31.9 Å². The van der Waals surface area contributed by atoms with Crippen molar-refractivity contribution < 1.29 is 38.4 Å². The average Bonchev–Trinajstić information content (AvgIpc) is 3.60. The minimum atomic E-state index is -1.03. The summed E-state index contributed by atoms with van der Waals surface area (Å²) in [6.07, 6.45) is 1.43. The first-order valence-corrected chi connectivity index (χ1v) is 15.9. The maximum absolute atomic E-state index is 12.7. The van der Waals surface area contributed by atoms with Gasteiger partial charge in [-0.1, -0.05) is 37.0 Å². The van der Waals surface area contributed by atoms with Crippen LogP contribution in [0.15, 0.2) is 24.3 Å². The molecule has 0 unspecified atom stereocenters. The van der Waals surface area contributed by atoms with Crippen molar-refractivity contribution in [1.82, 2.24) is 0 Å². The van der Waals surface area contributed by atoms with Gasteiger partial charge in [0.05, 0.1) is 35.1 Å². The number of carboxylic acid groups (broad SMARTS) is 1. The van der Waals surface area contributed by atoms with Crippen LogP contribution in [-0.2, 0) is 16.0 Å². The van der Waals surface area contributed by atoms with Crippen molar-refractivity contribution in [3.8, 4) is 23.0 Å². The Morgan fingerprint density at radius 2 is 1.37 bits per heavy atom. The molecule has 1 N–H and O–H groups in total. The van der Waals surface area contributed by atoms with Crippen molar-refractivity contribution >= 4 is 83.6 Å². The summed E-state index contributed by atoms with van der Waals surface area (Å²) in [5.41, 5.74) is 0. The summed E-state index contributed by atoms with van der Waals surface area (Å²) < 4.78 is 24.8. The summed E-state index contributed by atoms with van der Waals surface area (Å²) in [7, 11) is 3.04. The lowest BCUT2D eigenvalue weighted by atomic mass is 10.0. The van der Waals surface area contributed by atoms with E-state index in [0.29, 0.717) is 43.0 Å². The first kappa shape index (κ1) is 32.9. The molecular weight excluding hydrogens is 635 g/mol. The maximum Gasteiger partial charge on any atom is 0.306 e. The van der Waals surface area contributed by atoms with E-state index in [1.807, 2.05) is 19.1 Å². The van der Waals surface area contributed by atoms with Crippen molar-refractivity contribution in [2.75, 3.05) is 27.4 Å². The van der Waals surface area contributed by atoms with Gasteiger partial charge < -0.3 is 24.1 Å². The van der Waals surface area contributed by atoms with E-state index >= 15 is 0 Å². The van der Waals surface area contributed by atoms with E-state index < -0.39 is 11.9 Å². The molecule has 0 radical (unpaired) electrons. The Morgan fingerprint density at radius 1 is 0.837 bits per heavy atom. The largest absolute Gasteiger partial charge is 0.493 e. The molecule has 0 aliphatic carbocycles. The molecule has 8 nitrogen and oxygen atoms in total. The smallest absolute Gasteiger partial charge is 0.306 e. The third-order valence-corrected chi connectivity index (χ3v) is 10.2. The highest BCUT2D eigenvalue weighted by Gasteiger charge is 2.23. The van der Waals surface area contributed by atoms with Gasteiger partial charge in [0.1, 0.15) is 19.0 Å². The molecule has 43 heavy (non-hydrogen) atoms. The molecule has 2 aromatic heterocycles. The normalized spacial score (nSPS) is 12.7. The van der Waals surface area contributed by atoms with Crippen molar-refractivity contribution in [2.45, 2.75) is 40.0 Å². The van der Waals surface area contributed by atoms with E-state index in [0.717, 1.165) is 27.8 Å². The summed E-state index contributed by atoms with van der Waals surface area (Å²) in [6.45, 7) is 5.26. The molecule has 0 bridgehead atoms. The first-order valence-electron chi connectivity index (χ1n) is 13.6. The molecule has 4 rings (SSSR count). The fraction of sp³-hybridized carbons (Fsp3) is 0.387. The van der Waals surface area contributed by atoms with Gasteiger partial charge in [-0.15, -0.1) is 22.7 Å². The number of methoxy groups -OCH3 is 2. The number of carboxylic acids is 1. The van der Waals surface area contributed by atoms with E-state index in [2.05, 4.69) is 0 Å². The number of aryl methyl sites for hydroxylation is 1. The highest BCUT2D eigenvalue weighted by atomic mass is 35.5. The molecule has 0 saturated carbocycles. The summed E-state index contributed by atoms with van der Waals surface area (Å²) in [5.74, 6) is -0.340. The number of benzene rings is 2. The molecule has 0 saturated heterocycles. The molecule has 12 heteroatoms. The lowest BCUT2D eigenvalue weighted by Crippen LogP contribution is -2.13. The number of carbonyl (C=O) groups is 3. The summed E-state index contributed by atoms with van der Waals surface area (Å²) in [4.78, 5) is 37.0. The van der Waals surface area contributed by atoms with Crippen LogP contribution in [0.5, 0.6) is 23.0 Å². The van der Waals surface area contributed by atoms with Crippen LogP contribution >= 0.6 is 45.9 Å². The SMILES string of the molecule is COc1cc2sc(CC[C@H](C)C(C)=O)cc2c(Cl)c1OCCOc1c(OC)cc2sc(C(=O)C[C@H](C)C(=O)O)cc2c1Cl. The average molecular weight is 668 g/mol. The number of ketones is 2. The molecule has 0 spiro atoms. The van der Waals surface area contributed by atoms with Gasteiger partial charge in [0.25, 0.3) is 0 Å². The zero-order valence-corrected chi connectivity index (χ0v) is 27.5. The summed E-state index contributed by atoms with van der Waals surface area (Å²) in [5, 5.41) is 11.3. The predicted octanol–water partition coefficient (Wildman–Crippen LogP) is 8.35. The molecule has 2 atom stereocenters. The Labute approximate surface area is 267 Å². The van der Waals surface area contributed by atoms with Gasteiger partial charge in [0, 0.05) is 49.5 Å². The number of halogens is 2. The zero-order valence-electron chi connectivity index (χ0n) is 24.4. The minimum Gasteiger partial charge on any atom is -0.493 e. The molecule has 2 aromatic carbocycles. The fourth-order valence-corrected chi connectivity index (χ4v) is 7.28. The summed E-state index contributed by atoms with van der Waals surface area (Å²) in [6, 6.07) is 7.30. The van der Waals surface area contributed by atoms with Gasteiger partial charge in [-0.2, -0.15) is 0 Å². The van der Waals surface area contributed by atoms with E-state index in [1.54, 1.807) is 37.5 Å². The highest BCUT2D eigenvalue weighted by Crippen LogP contribution is 2.46. The topological polar surface area (TPSA) is 108 Å². The number of hydrogen-bond donors (Lipinski definition) is 1. The van der Waals surface area contributed by atoms with Crippen molar-refractivity contribution in [3.63, 3.8) is 0 Å². The molecule has 4 aromatic rings. The van der Waals surface area contributed by atoms with Crippen LogP contribution in [0.3, 0.4) is 0 Å². The second-order valence-corrected chi connectivity index (χ2v) is 13.2. The third-order valence-electron chi connectivity index (χ3n) is 7.14. The van der Waals surface area contributed by atoms with Crippen LogP contribution in [0.25, 0.3) is 20.2 Å². The second kappa shape index (κ2) is 14.2. The van der Waals surface area contributed by atoms with Crippen LogP contribution < -0.4 is 18.9 Å². The molecule has 0 aliphatic heterocycles. The van der Waals surface area contributed by atoms with Crippen LogP contribution in [0, 0.1) is 11.8 Å². The van der Waals surface area contributed by atoms with E-state index in [-0.39, 0.29) is 42.1 Å². The van der Waals surface area contributed by atoms with E-state index in [1.165, 1.54) is 25.4 Å². The number of aliphatic carboxylic acids is 1. The number of thiophene rings is 2. The number of hydrogen-bond acceptors (Lipinski definition) is 9. The van der Waals surface area contributed by atoms with Crippen LogP contribution in [0.2, 0.25) is 10.0 Å². The van der Waals surface area contributed by atoms with Gasteiger partial charge in [-0.25, -0.2) is 0 Å². The van der Waals surface area contributed by atoms with Gasteiger partial charge in [0.15, 0.2) is 28.8 Å². The minimum absolute atomic E-state index is 0.00105. The van der Waals surface area contributed by atoms with Crippen LogP contribution in [0.4, 0.5) is 0 Å². The van der Waals surface area contributed by atoms with E-state index in [9.17, 15) is 14.4 Å².